The van der Waals surface area contributed by atoms with E-state index in [0.29, 0.717) is 47.6 Å². The fraction of sp³-hybridized carbons (Fsp3) is 0.286. The third-order valence-corrected chi connectivity index (χ3v) is 6.19. The first kappa shape index (κ1) is 25.2. The van der Waals surface area contributed by atoms with E-state index in [1.807, 2.05) is 37.3 Å². The van der Waals surface area contributed by atoms with Crippen molar-refractivity contribution < 1.29 is 33.4 Å². The third-order valence-electron chi connectivity index (χ3n) is 6.19. The number of hydrogen-bond acceptors (Lipinski definition) is 6. The van der Waals surface area contributed by atoms with E-state index < -0.39 is 18.0 Å². The van der Waals surface area contributed by atoms with Gasteiger partial charge in [0.25, 0.3) is 0 Å². The van der Waals surface area contributed by atoms with Crippen molar-refractivity contribution in [3.8, 4) is 16.9 Å². The summed E-state index contributed by atoms with van der Waals surface area (Å²) in [6, 6.07) is 17.6. The molecule has 0 amide bonds. The summed E-state index contributed by atoms with van der Waals surface area (Å²) < 4.78 is 25.8. The number of fused-ring (bicyclic) bond motifs is 1. The van der Waals surface area contributed by atoms with Gasteiger partial charge in [0.2, 0.25) is 0 Å². The number of carboxylic acid groups (broad SMARTS) is 1. The van der Waals surface area contributed by atoms with Crippen LogP contribution in [0.2, 0.25) is 0 Å². The van der Waals surface area contributed by atoms with Gasteiger partial charge in [-0.3, -0.25) is 4.79 Å². The van der Waals surface area contributed by atoms with Crippen LogP contribution in [0.15, 0.2) is 60.7 Å². The quantitative estimate of drug-likeness (QED) is 0.403. The second-order valence-corrected chi connectivity index (χ2v) is 8.53. The maximum Gasteiger partial charge on any atom is 0.528 e. The molecule has 1 heterocycles. The van der Waals surface area contributed by atoms with Gasteiger partial charge in [-0.2, -0.15) is 0 Å². The fourth-order valence-electron chi connectivity index (χ4n) is 4.23. The van der Waals surface area contributed by atoms with E-state index in [4.69, 9.17) is 14.3 Å². The Morgan fingerprint density at radius 3 is 2.53 bits per heavy atom. The molecule has 3 aromatic rings. The minimum atomic E-state index is -0.934. The lowest BCUT2D eigenvalue weighted by Gasteiger charge is -2.29. The van der Waals surface area contributed by atoms with Gasteiger partial charge >= 0.3 is 12.1 Å². The fourth-order valence-corrected chi connectivity index (χ4v) is 4.23. The van der Waals surface area contributed by atoms with E-state index in [9.17, 15) is 19.1 Å². The summed E-state index contributed by atoms with van der Waals surface area (Å²) in [5.74, 6) is -1.45. The predicted molar refractivity (Wildman–Crippen MR) is 131 cm³/mol. The van der Waals surface area contributed by atoms with Crippen LogP contribution in [0.1, 0.15) is 42.0 Å². The normalized spacial score (nSPS) is 14.0. The molecular weight excluding hydrogens is 465 g/mol. The van der Waals surface area contributed by atoms with E-state index in [2.05, 4.69) is 0 Å². The average molecular weight is 494 g/mol. The highest BCUT2D eigenvalue weighted by molar-refractivity contribution is 5.79. The Morgan fingerprint density at radius 1 is 1.06 bits per heavy atom. The molecule has 36 heavy (non-hydrogen) atoms. The lowest BCUT2D eigenvalue weighted by Crippen LogP contribution is -2.34. The first-order valence-electron chi connectivity index (χ1n) is 11.8. The summed E-state index contributed by atoms with van der Waals surface area (Å²) in [4.78, 5) is 29.2. The van der Waals surface area contributed by atoms with Crippen molar-refractivity contribution in [2.24, 2.45) is 0 Å². The Kier molecular flexibility index (Phi) is 7.85. The van der Waals surface area contributed by atoms with Crippen molar-refractivity contribution in [3.63, 3.8) is 0 Å². The van der Waals surface area contributed by atoms with Crippen LogP contribution >= 0.6 is 0 Å². The molecule has 0 saturated carbocycles. The predicted octanol–water partition coefficient (Wildman–Crippen LogP) is 5.71. The topological polar surface area (TPSA) is 85.3 Å². The lowest BCUT2D eigenvalue weighted by molar-refractivity contribution is -0.139. The SMILES string of the molecule is CCOc1cc(C(C)C(=O)O)ccc1-c1ccc(F)c2c1CN(OC(=O)OCc1ccccc1)CC2. The third kappa shape index (κ3) is 5.66. The molecule has 8 heteroatoms. The van der Waals surface area contributed by atoms with Crippen molar-refractivity contribution in [2.45, 2.75) is 39.3 Å². The van der Waals surface area contributed by atoms with Gasteiger partial charge in [-0.05, 0) is 60.2 Å². The molecule has 4 rings (SSSR count). The minimum absolute atomic E-state index is 0.0861. The van der Waals surface area contributed by atoms with E-state index in [1.165, 1.54) is 11.1 Å². The minimum Gasteiger partial charge on any atom is -0.493 e. The van der Waals surface area contributed by atoms with Crippen LogP contribution in [0.5, 0.6) is 5.75 Å². The van der Waals surface area contributed by atoms with Crippen LogP contribution in [-0.4, -0.2) is 35.4 Å². The molecule has 0 aliphatic carbocycles. The molecule has 3 aromatic carbocycles. The molecule has 0 radical (unpaired) electrons. The molecule has 188 valence electrons. The molecular formula is C28H28FNO6. The highest BCUT2D eigenvalue weighted by Gasteiger charge is 2.27. The number of carboxylic acids is 1. The van der Waals surface area contributed by atoms with E-state index >= 15 is 0 Å². The number of carbonyl (C=O) groups is 2. The standard InChI is InChI=1S/C28H28FNO6/c1-3-34-26-15-20(18(2)27(31)32)9-10-23(26)21-11-12-25(29)22-13-14-30(16-24(21)22)36-28(33)35-17-19-7-5-4-6-8-19/h4-12,15,18H,3,13-14,16-17H2,1-2H3,(H,31,32). The van der Waals surface area contributed by atoms with Crippen molar-refractivity contribution >= 4 is 12.1 Å². The highest BCUT2D eigenvalue weighted by atomic mass is 19.1. The monoisotopic (exact) mass is 493 g/mol. The highest BCUT2D eigenvalue weighted by Crippen LogP contribution is 2.38. The molecule has 1 N–H and O–H groups in total. The Balaban J connectivity index is 1.58. The number of rotatable bonds is 8. The average Bonchev–Trinajstić information content (AvgIpc) is 2.88. The van der Waals surface area contributed by atoms with Gasteiger partial charge in [-0.15, -0.1) is 5.06 Å². The Labute approximate surface area is 209 Å². The summed E-state index contributed by atoms with van der Waals surface area (Å²) in [5.41, 5.74) is 4.12. The van der Waals surface area contributed by atoms with Crippen LogP contribution in [-0.2, 0) is 33.9 Å². The summed E-state index contributed by atoms with van der Waals surface area (Å²) >= 11 is 0. The van der Waals surface area contributed by atoms with Gasteiger partial charge in [0, 0.05) is 12.1 Å². The van der Waals surface area contributed by atoms with Crippen LogP contribution in [0, 0.1) is 5.82 Å². The molecule has 0 aromatic heterocycles. The zero-order valence-corrected chi connectivity index (χ0v) is 20.2. The number of hydrogen-bond donors (Lipinski definition) is 1. The zero-order valence-electron chi connectivity index (χ0n) is 20.2. The maximum absolute atomic E-state index is 14.7. The van der Waals surface area contributed by atoms with Crippen LogP contribution < -0.4 is 4.74 Å². The number of nitrogens with zero attached hydrogens (tertiary/aromatic N) is 1. The molecule has 1 atom stereocenters. The Morgan fingerprint density at radius 2 is 1.81 bits per heavy atom. The van der Waals surface area contributed by atoms with Gasteiger partial charge in [0.15, 0.2) is 0 Å². The molecule has 1 aliphatic heterocycles. The summed E-state index contributed by atoms with van der Waals surface area (Å²) in [6.07, 6.45) is -0.485. The van der Waals surface area contributed by atoms with E-state index in [0.717, 1.165) is 11.1 Å². The smallest absolute Gasteiger partial charge is 0.493 e. The largest absolute Gasteiger partial charge is 0.528 e. The van der Waals surface area contributed by atoms with Gasteiger partial charge in [0.1, 0.15) is 18.2 Å². The summed E-state index contributed by atoms with van der Waals surface area (Å²) in [6.45, 7) is 4.41. The van der Waals surface area contributed by atoms with Crippen LogP contribution in [0.3, 0.4) is 0 Å². The Bertz CT molecular complexity index is 1250. The zero-order chi connectivity index (χ0) is 25.7. The summed E-state index contributed by atoms with van der Waals surface area (Å²) in [5, 5.41) is 10.9. The first-order valence-corrected chi connectivity index (χ1v) is 11.8. The number of halogens is 1. The molecule has 0 bridgehead atoms. The molecule has 1 aliphatic rings. The second-order valence-electron chi connectivity index (χ2n) is 8.53. The van der Waals surface area contributed by atoms with Gasteiger partial charge in [0.05, 0.1) is 19.1 Å². The number of benzene rings is 3. The maximum atomic E-state index is 14.7. The van der Waals surface area contributed by atoms with Gasteiger partial charge in [-0.25, -0.2) is 9.18 Å². The lowest BCUT2D eigenvalue weighted by atomic mass is 9.89. The number of ether oxygens (including phenoxy) is 2. The van der Waals surface area contributed by atoms with Crippen LogP contribution in [0.25, 0.3) is 11.1 Å². The van der Waals surface area contributed by atoms with Crippen LogP contribution in [0.4, 0.5) is 9.18 Å². The molecule has 7 nitrogen and oxygen atoms in total. The molecule has 0 spiro atoms. The van der Waals surface area contributed by atoms with Crippen molar-refractivity contribution in [2.75, 3.05) is 13.2 Å². The van der Waals surface area contributed by atoms with Gasteiger partial charge < -0.3 is 19.4 Å². The number of carbonyl (C=O) groups excluding carboxylic acids is 1. The number of hydroxylamine groups is 2. The molecule has 1 unspecified atom stereocenters. The van der Waals surface area contributed by atoms with Gasteiger partial charge in [-0.1, -0.05) is 48.5 Å². The number of aliphatic carboxylic acids is 1. The van der Waals surface area contributed by atoms with Crippen molar-refractivity contribution in [1.82, 2.24) is 5.06 Å². The van der Waals surface area contributed by atoms with Crippen molar-refractivity contribution in [3.05, 3.63) is 88.7 Å². The first-order chi connectivity index (χ1) is 17.4. The van der Waals surface area contributed by atoms with Crippen molar-refractivity contribution in [1.29, 1.82) is 0 Å². The van der Waals surface area contributed by atoms with E-state index in [-0.39, 0.29) is 19.0 Å². The molecule has 0 fully saturated rings. The molecule has 0 saturated heterocycles. The summed E-state index contributed by atoms with van der Waals surface area (Å²) in [7, 11) is 0. The van der Waals surface area contributed by atoms with E-state index in [1.54, 1.807) is 31.2 Å². The second kappa shape index (κ2) is 11.2. The Hall–Kier alpha value is -3.91.